The Balaban J connectivity index is 1.67. The van der Waals surface area contributed by atoms with Gasteiger partial charge >= 0.3 is 10.1 Å². The van der Waals surface area contributed by atoms with E-state index >= 15 is 0 Å². The second-order valence-corrected chi connectivity index (χ2v) is 8.90. The Hall–Kier alpha value is -2.71. The summed E-state index contributed by atoms with van der Waals surface area (Å²) in [6.07, 6.45) is -0.0821. The van der Waals surface area contributed by atoms with Crippen molar-refractivity contribution in [2.45, 2.75) is 13.0 Å². The highest BCUT2D eigenvalue weighted by Gasteiger charge is 2.35. The Morgan fingerprint density at radius 1 is 0.968 bits per heavy atom. The summed E-state index contributed by atoms with van der Waals surface area (Å²) >= 11 is 0. The van der Waals surface area contributed by atoms with Crippen LogP contribution in [0.25, 0.3) is 0 Å². The monoisotopic (exact) mass is 460 g/mol. The van der Waals surface area contributed by atoms with Crippen LogP contribution in [0.2, 0.25) is 0 Å². The summed E-state index contributed by atoms with van der Waals surface area (Å²) in [4.78, 5) is 1.98. The molecule has 0 aliphatic carbocycles. The van der Waals surface area contributed by atoms with Gasteiger partial charge in [0.1, 0.15) is 0 Å². The summed E-state index contributed by atoms with van der Waals surface area (Å²) in [6.45, 7) is 1.38. The van der Waals surface area contributed by atoms with Gasteiger partial charge in [-0.1, -0.05) is 30.3 Å². The lowest BCUT2D eigenvalue weighted by Gasteiger charge is -2.16. The van der Waals surface area contributed by atoms with E-state index < -0.39 is 56.6 Å². The first-order valence-electron chi connectivity index (χ1n) is 9.22. The van der Waals surface area contributed by atoms with E-state index in [1.165, 1.54) is 0 Å². The Morgan fingerprint density at radius 3 is 2.13 bits per heavy atom. The molecule has 2 atom stereocenters. The quantitative estimate of drug-likeness (QED) is 0.272. The minimum Gasteiger partial charge on any atom is -0.376 e. The van der Waals surface area contributed by atoms with Crippen LogP contribution >= 0.6 is 0 Å². The van der Waals surface area contributed by atoms with Gasteiger partial charge in [0.2, 0.25) is 34.8 Å². The molecule has 0 bridgehead atoms. The molecule has 0 saturated carbocycles. The second kappa shape index (κ2) is 9.20. The fourth-order valence-electron chi connectivity index (χ4n) is 3.49. The zero-order valence-electron chi connectivity index (χ0n) is 16.0. The highest BCUT2D eigenvalue weighted by Crippen LogP contribution is 2.31. The second-order valence-electron chi connectivity index (χ2n) is 7.21. The molecule has 5 nitrogen and oxygen atoms in total. The van der Waals surface area contributed by atoms with Crippen molar-refractivity contribution in [2.75, 3.05) is 18.8 Å². The fraction of sp³-hybridized carbons (Fsp3) is 0.350. The first-order valence-corrected chi connectivity index (χ1v) is 10.8. The molecular formula is C20H17F5N2O3S. The van der Waals surface area contributed by atoms with Crippen molar-refractivity contribution in [1.29, 1.82) is 5.26 Å². The Bertz CT molecular complexity index is 1080. The summed E-state index contributed by atoms with van der Waals surface area (Å²) in [5, 5.41) is 9.37. The van der Waals surface area contributed by atoms with Crippen LogP contribution in [0.15, 0.2) is 30.3 Å². The fourth-order valence-corrected chi connectivity index (χ4v) is 4.57. The van der Waals surface area contributed by atoms with Crippen molar-refractivity contribution in [2.24, 2.45) is 11.8 Å². The third-order valence-corrected chi connectivity index (χ3v) is 6.21. The molecule has 1 heterocycles. The molecule has 2 aromatic rings. The number of nitriles is 1. The number of hydrogen-bond donors (Lipinski definition) is 0. The Labute approximate surface area is 175 Å². The zero-order chi connectivity index (χ0) is 22.8. The molecule has 2 unspecified atom stereocenters. The van der Waals surface area contributed by atoms with Crippen LogP contribution in [0, 0.1) is 52.3 Å². The van der Waals surface area contributed by atoms with Gasteiger partial charge in [-0.25, -0.2) is 13.2 Å². The van der Waals surface area contributed by atoms with Crippen LogP contribution in [0.5, 0.6) is 5.75 Å². The summed E-state index contributed by atoms with van der Waals surface area (Å²) in [6, 6.07) is 11.5. The normalized spacial score (nSPS) is 19.4. The van der Waals surface area contributed by atoms with Gasteiger partial charge in [0.05, 0.1) is 17.7 Å². The minimum absolute atomic E-state index is 0.0821. The van der Waals surface area contributed by atoms with Gasteiger partial charge in [-0.15, -0.1) is 0 Å². The molecule has 1 aliphatic heterocycles. The highest BCUT2D eigenvalue weighted by molar-refractivity contribution is 7.87. The molecule has 0 radical (unpaired) electrons. The van der Waals surface area contributed by atoms with Gasteiger partial charge in [0, 0.05) is 19.6 Å². The van der Waals surface area contributed by atoms with E-state index in [1.807, 2.05) is 35.2 Å². The topological polar surface area (TPSA) is 70.4 Å². The molecular weight excluding hydrogens is 443 g/mol. The van der Waals surface area contributed by atoms with E-state index in [4.69, 9.17) is 0 Å². The van der Waals surface area contributed by atoms with E-state index in [1.54, 1.807) is 0 Å². The molecule has 166 valence electrons. The van der Waals surface area contributed by atoms with E-state index in [-0.39, 0.29) is 12.3 Å². The van der Waals surface area contributed by atoms with E-state index in [0.29, 0.717) is 19.6 Å². The SMILES string of the molecule is N#CC1CN(Cc2ccccc2)CC1CCS(=O)(=O)Oc1c(F)c(F)c(F)c(F)c1F. The van der Waals surface area contributed by atoms with E-state index in [2.05, 4.69) is 10.3 Å². The Kier molecular flexibility index (Phi) is 6.81. The maximum absolute atomic E-state index is 13.7. The van der Waals surface area contributed by atoms with Gasteiger partial charge in [-0.2, -0.15) is 22.5 Å². The van der Waals surface area contributed by atoms with Crippen molar-refractivity contribution in [1.82, 2.24) is 4.90 Å². The predicted molar refractivity (Wildman–Crippen MR) is 99.6 cm³/mol. The largest absolute Gasteiger partial charge is 0.376 e. The maximum atomic E-state index is 13.7. The minimum atomic E-state index is -4.69. The van der Waals surface area contributed by atoms with Crippen LogP contribution in [0.3, 0.4) is 0 Å². The lowest BCUT2D eigenvalue weighted by molar-refractivity contribution is 0.314. The molecule has 2 aromatic carbocycles. The number of halogens is 5. The van der Waals surface area contributed by atoms with Crippen molar-refractivity contribution >= 4 is 10.1 Å². The molecule has 0 spiro atoms. The van der Waals surface area contributed by atoms with Gasteiger partial charge in [-0.05, 0) is 17.9 Å². The van der Waals surface area contributed by atoms with Gasteiger partial charge in [-0.3, -0.25) is 4.90 Å². The third-order valence-electron chi connectivity index (χ3n) is 5.05. The van der Waals surface area contributed by atoms with Gasteiger partial charge in [0.25, 0.3) is 0 Å². The number of hydrogen-bond acceptors (Lipinski definition) is 5. The zero-order valence-corrected chi connectivity index (χ0v) is 16.8. The van der Waals surface area contributed by atoms with Crippen LogP contribution < -0.4 is 4.18 Å². The lowest BCUT2D eigenvalue weighted by atomic mass is 9.95. The van der Waals surface area contributed by atoms with E-state index in [9.17, 15) is 35.6 Å². The smallest absolute Gasteiger partial charge is 0.309 e. The summed E-state index contributed by atoms with van der Waals surface area (Å²) in [5.41, 5.74) is 1.02. The molecule has 1 fully saturated rings. The highest BCUT2D eigenvalue weighted by atomic mass is 32.2. The third kappa shape index (κ3) is 5.14. The van der Waals surface area contributed by atoms with Gasteiger partial charge in [0.15, 0.2) is 0 Å². The number of nitrogens with zero attached hydrogens (tertiary/aromatic N) is 2. The van der Waals surface area contributed by atoms with Crippen molar-refractivity contribution in [3.8, 4) is 11.8 Å². The molecule has 1 saturated heterocycles. The summed E-state index contributed by atoms with van der Waals surface area (Å²) < 4.78 is 95.5. The van der Waals surface area contributed by atoms with Crippen LogP contribution in [-0.4, -0.2) is 32.2 Å². The number of rotatable bonds is 7. The Morgan fingerprint density at radius 2 is 1.55 bits per heavy atom. The van der Waals surface area contributed by atoms with Gasteiger partial charge < -0.3 is 4.18 Å². The summed E-state index contributed by atoms with van der Waals surface area (Å²) in [5.74, 6) is -15.2. The molecule has 0 N–H and O–H groups in total. The first-order chi connectivity index (χ1) is 14.6. The molecule has 11 heteroatoms. The van der Waals surface area contributed by atoms with E-state index in [0.717, 1.165) is 5.56 Å². The molecule has 31 heavy (non-hydrogen) atoms. The van der Waals surface area contributed by atoms with Crippen molar-refractivity contribution < 1.29 is 34.6 Å². The number of benzene rings is 2. The maximum Gasteiger partial charge on any atom is 0.309 e. The van der Waals surface area contributed by atoms with Crippen molar-refractivity contribution in [3.63, 3.8) is 0 Å². The molecule has 0 aromatic heterocycles. The number of likely N-dealkylation sites (tertiary alicyclic amines) is 1. The lowest BCUT2D eigenvalue weighted by Crippen LogP contribution is -2.22. The van der Waals surface area contributed by atoms with Crippen LogP contribution in [-0.2, 0) is 16.7 Å². The standard InChI is InChI=1S/C20H17F5N2O3S/c21-15-16(22)18(24)20(19(25)17(15)23)30-31(28,29)7-6-13-10-27(11-14(13)8-26)9-12-4-2-1-3-5-12/h1-5,13-14H,6-7,9-11H2. The average Bonchev–Trinajstić information content (AvgIpc) is 3.15. The molecule has 0 amide bonds. The van der Waals surface area contributed by atoms with Crippen molar-refractivity contribution in [3.05, 3.63) is 65.0 Å². The molecule has 1 aliphatic rings. The molecule has 3 rings (SSSR count). The van der Waals surface area contributed by atoms with Crippen LogP contribution in [0.1, 0.15) is 12.0 Å². The summed E-state index contributed by atoms with van der Waals surface area (Å²) in [7, 11) is -4.69. The predicted octanol–water partition coefficient (Wildman–Crippen LogP) is 3.75. The first kappa shape index (κ1) is 23.0. The average molecular weight is 460 g/mol. The van der Waals surface area contributed by atoms with Crippen LogP contribution in [0.4, 0.5) is 22.0 Å².